The molecule has 4 heteroatoms. The Morgan fingerprint density at radius 2 is 1.32 bits per heavy atom. The standard InChI is InChI=1S/C49H35N3O/c1-3-4-26-44-46(49-50-47(33-17-7-5-8-18-33)38-22-13-14-25-41(38)51(49)2)39-24-15-23-37(48(39)53-44)34-28-29-42-40(31-34)45-36-21-12-11-16-32(36)27-30-43(45)52(42)35-19-9-6-10-20-35/h3-31H,1-2H3/b4-3-,44-26+,49-46-. The Balaban J connectivity index is 1.27. The van der Waals surface area contributed by atoms with Crippen molar-refractivity contribution in [3.63, 3.8) is 0 Å². The Labute approximate surface area is 307 Å². The quantitative estimate of drug-likeness (QED) is 0.185. The van der Waals surface area contributed by atoms with Crippen molar-refractivity contribution < 1.29 is 4.42 Å². The molecule has 10 rings (SSSR count). The molecule has 7 aromatic carbocycles. The number of benzene rings is 7. The highest BCUT2D eigenvalue weighted by Gasteiger charge is 2.25. The van der Waals surface area contributed by atoms with E-state index >= 15 is 0 Å². The third kappa shape index (κ3) is 4.87. The molecule has 0 fully saturated rings. The molecule has 9 aromatic rings. The van der Waals surface area contributed by atoms with Gasteiger partial charge in [0.25, 0.3) is 0 Å². The maximum Gasteiger partial charge on any atom is 0.145 e. The van der Waals surface area contributed by atoms with Crippen LogP contribution in [-0.2, 0) is 0 Å². The van der Waals surface area contributed by atoms with Gasteiger partial charge in [-0.2, -0.15) is 0 Å². The van der Waals surface area contributed by atoms with Crippen LogP contribution in [0.3, 0.4) is 0 Å². The molecule has 53 heavy (non-hydrogen) atoms. The maximum absolute atomic E-state index is 6.93. The average Bonchev–Trinajstić information content (AvgIpc) is 3.76. The molecule has 1 aliphatic heterocycles. The minimum absolute atomic E-state index is 0.774. The van der Waals surface area contributed by atoms with Crippen LogP contribution in [0.2, 0.25) is 0 Å². The number of rotatable bonds is 4. The number of aliphatic imine (C=N–C) groups is 1. The minimum atomic E-state index is 0.774. The van der Waals surface area contributed by atoms with Crippen molar-refractivity contribution >= 4 is 66.8 Å². The molecule has 4 nitrogen and oxygen atoms in total. The summed E-state index contributed by atoms with van der Waals surface area (Å²) in [5.41, 5.74) is 11.5. The van der Waals surface area contributed by atoms with Crippen LogP contribution in [0.15, 0.2) is 179 Å². The fraction of sp³-hybridized carbons (Fsp3) is 0.0408. The van der Waals surface area contributed by atoms with E-state index in [0.29, 0.717) is 0 Å². The first-order valence-corrected chi connectivity index (χ1v) is 18.1. The first-order valence-electron chi connectivity index (χ1n) is 18.1. The summed E-state index contributed by atoms with van der Waals surface area (Å²) >= 11 is 0. The lowest BCUT2D eigenvalue weighted by Gasteiger charge is -2.28. The Morgan fingerprint density at radius 1 is 0.604 bits per heavy atom. The van der Waals surface area contributed by atoms with E-state index < -0.39 is 0 Å². The molecule has 3 heterocycles. The van der Waals surface area contributed by atoms with Gasteiger partial charge in [-0.15, -0.1) is 0 Å². The molecule has 2 aromatic heterocycles. The molecule has 0 saturated heterocycles. The highest BCUT2D eigenvalue weighted by atomic mass is 16.3. The fourth-order valence-corrected chi connectivity index (χ4v) is 8.07. The zero-order valence-corrected chi connectivity index (χ0v) is 29.5. The van der Waals surface area contributed by atoms with Crippen molar-refractivity contribution in [3.8, 4) is 16.8 Å². The van der Waals surface area contributed by atoms with Crippen molar-refractivity contribution in [1.82, 2.24) is 4.57 Å². The lowest BCUT2D eigenvalue weighted by Crippen LogP contribution is -2.33. The topological polar surface area (TPSA) is 33.7 Å². The lowest BCUT2D eigenvalue weighted by molar-refractivity contribution is 0.576. The monoisotopic (exact) mass is 681 g/mol. The minimum Gasteiger partial charge on any atom is -0.455 e. The second kappa shape index (κ2) is 12.4. The first kappa shape index (κ1) is 30.9. The number of allylic oxidation sites excluding steroid dienone is 2. The van der Waals surface area contributed by atoms with E-state index in [2.05, 4.69) is 174 Å². The van der Waals surface area contributed by atoms with Crippen molar-refractivity contribution in [1.29, 1.82) is 0 Å². The van der Waals surface area contributed by atoms with Gasteiger partial charge in [0.2, 0.25) is 0 Å². The lowest BCUT2D eigenvalue weighted by atomic mass is 9.97. The Morgan fingerprint density at radius 3 is 2.17 bits per heavy atom. The van der Waals surface area contributed by atoms with E-state index in [1.807, 2.05) is 25.1 Å². The molecule has 0 unspecified atom stereocenters. The second-order valence-electron chi connectivity index (χ2n) is 13.5. The molecular weight excluding hydrogens is 647 g/mol. The van der Waals surface area contributed by atoms with Crippen LogP contribution in [-0.4, -0.2) is 17.3 Å². The van der Waals surface area contributed by atoms with E-state index in [1.165, 1.54) is 32.6 Å². The van der Waals surface area contributed by atoms with Gasteiger partial charge in [-0.25, -0.2) is 4.99 Å². The second-order valence-corrected chi connectivity index (χ2v) is 13.5. The largest absolute Gasteiger partial charge is 0.455 e. The zero-order chi connectivity index (χ0) is 35.5. The van der Waals surface area contributed by atoms with Crippen LogP contribution in [0.1, 0.15) is 18.1 Å². The number of nitrogens with zero attached hydrogens (tertiary/aromatic N) is 3. The third-order valence-electron chi connectivity index (χ3n) is 10.5. The van der Waals surface area contributed by atoms with Crippen molar-refractivity contribution in [2.75, 3.05) is 11.9 Å². The van der Waals surface area contributed by atoms with Crippen LogP contribution in [0.25, 0.3) is 72.3 Å². The number of fused-ring (bicyclic) bond motifs is 7. The first-order chi connectivity index (χ1) is 26.2. The number of anilines is 1. The van der Waals surface area contributed by atoms with Gasteiger partial charge in [0.1, 0.15) is 16.8 Å². The zero-order valence-electron chi connectivity index (χ0n) is 29.5. The molecule has 0 atom stereocenters. The van der Waals surface area contributed by atoms with E-state index in [1.54, 1.807) is 0 Å². The van der Waals surface area contributed by atoms with Gasteiger partial charge < -0.3 is 13.9 Å². The van der Waals surface area contributed by atoms with Gasteiger partial charge in [-0.3, -0.25) is 0 Å². The highest BCUT2D eigenvalue weighted by molar-refractivity contribution is 6.22. The summed E-state index contributed by atoms with van der Waals surface area (Å²) in [5, 5.41) is 6.92. The molecule has 0 amide bonds. The third-order valence-corrected chi connectivity index (χ3v) is 10.5. The molecule has 0 radical (unpaired) electrons. The summed E-state index contributed by atoms with van der Waals surface area (Å²) in [6.07, 6.45) is 6.12. The predicted molar refractivity (Wildman–Crippen MR) is 222 cm³/mol. The van der Waals surface area contributed by atoms with Crippen molar-refractivity contribution in [2.45, 2.75) is 6.92 Å². The van der Waals surface area contributed by atoms with Crippen LogP contribution in [0.5, 0.6) is 0 Å². The normalized spacial score (nSPS) is 14.6. The van der Waals surface area contributed by atoms with Crippen LogP contribution < -0.4 is 15.5 Å². The summed E-state index contributed by atoms with van der Waals surface area (Å²) < 4.78 is 9.31. The number of furan rings is 1. The molecule has 1 aliphatic rings. The molecule has 252 valence electrons. The van der Waals surface area contributed by atoms with Gasteiger partial charge in [-0.1, -0.05) is 133 Å². The van der Waals surface area contributed by atoms with E-state index in [4.69, 9.17) is 9.41 Å². The van der Waals surface area contributed by atoms with Crippen molar-refractivity contribution in [2.24, 2.45) is 4.99 Å². The number of hydrogen-bond donors (Lipinski definition) is 0. The predicted octanol–water partition coefficient (Wildman–Crippen LogP) is 10.8. The molecule has 0 saturated carbocycles. The van der Waals surface area contributed by atoms with E-state index in [9.17, 15) is 0 Å². The van der Waals surface area contributed by atoms with Crippen LogP contribution >= 0.6 is 0 Å². The Bertz CT molecular complexity index is 3070. The fourth-order valence-electron chi connectivity index (χ4n) is 8.07. The molecule has 0 spiro atoms. The molecule has 0 bridgehead atoms. The van der Waals surface area contributed by atoms with Crippen LogP contribution in [0, 0.1) is 0 Å². The average molecular weight is 682 g/mol. The maximum atomic E-state index is 6.93. The van der Waals surface area contributed by atoms with Crippen molar-refractivity contribution in [3.05, 3.63) is 192 Å². The van der Waals surface area contributed by atoms with E-state index in [-0.39, 0.29) is 0 Å². The summed E-state index contributed by atoms with van der Waals surface area (Å²) in [4.78, 5) is 7.62. The summed E-state index contributed by atoms with van der Waals surface area (Å²) in [6, 6.07) is 56.1. The highest BCUT2D eigenvalue weighted by Crippen LogP contribution is 2.40. The van der Waals surface area contributed by atoms with Gasteiger partial charge in [0.15, 0.2) is 0 Å². The van der Waals surface area contributed by atoms with Gasteiger partial charge in [0.05, 0.1) is 27.7 Å². The number of aromatic nitrogens is 1. The molecule has 0 aliphatic carbocycles. The number of para-hydroxylation sites is 3. The summed E-state index contributed by atoms with van der Waals surface area (Å²) in [6.45, 7) is 2.02. The summed E-state index contributed by atoms with van der Waals surface area (Å²) in [5.74, 6) is 0.849. The van der Waals surface area contributed by atoms with Gasteiger partial charge >= 0.3 is 0 Å². The summed E-state index contributed by atoms with van der Waals surface area (Å²) in [7, 11) is 2.10. The van der Waals surface area contributed by atoms with Gasteiger partial charge in [0, 0.05) is 45.6 Å². The SMILES string of the molecule is C\C=C/C=c1/oc2c(-c3ccc4c(c3)c3c5ccccc5ccc3n4-c3ccccc3)cccc2/c1=C1\N=C(c2ccccc2)c2ccccc2N1C. The van der Waals surface area contributed by atoms with Gasteiger partial charge in [-0.05, 0) is 65.7 Å². The smallest absolute Gasteiger partial charge is 0.145 e. The number of hydrogen-bond acceptors (Lipinski definition) is 3. The van der Waals surface area contributed by atoms with Crippen LogP contribution in [0.4, 0.5) is 5.69 Å². The Kier molecular flexibility index (Phi) is 7.22. The van der Waals surface area contributed by atoms with E-state index in [0.717, 1.165) is 66.8 Å². The molecular formula is C49H35N3O. The molecule has 0 N–H and O–H groups in total. The Hall–Kier alpha value is -6.91.